The van der Waals surface area contributed by atoms with Gasteiger partial charge in [0.05, 0.1) is 0 Å². The average molecular weight is 231 g/mol. The van der Waals surface area contributed by atoms with E-state index in [1.165, 1.54) is 0 Å². The van der Waals surface area contributed by atoms with Crippen LogP contribution in [0.25, 0.3) is 0 Å². The van der Waals surface area contributed by atoms with Gasteiger partial charge in [-0.15, -0.1) is 0 Å². The fourth-order valence-electron chi connectivity index (χ4n) is 1.16. The van der Waals surface area contributed by atoms with Crippen molar-refractivity contribution >= 4 is 15.9 Å². The van der Waals surface area contributed by atoms with Crippen LogP contribution < -0.4 is 0 Å². The smallest absolute Gasteiger partial charge is 0.126 e. The quantitative estimate of drug-likeness (QED) is 0.720. The number of aromatic hydroxyl groups is 2. The lowest BCUT2D eigenvalue weighted by Gasteiger charge is -2.11. The second kappa shape index (κ2) is 2.98. The molecule has 0 saturated carbocycles. The SMILES string of the molecule is Cc1c(O)c(C)c(Br)c(C)c1O. The zero-order valence-corrected chi connectivity index (χ0v) is 8.86. The van der Waals surface area contributed by atoms with Crippen molar-refractivity contribution in [3.63, 3.8) is 0 Å². The number of hydrogen-bond donors (Lipinski definition) is 2. The topological polar surface area (TPSA) is 40.5 Å². The lowest BCUT2D eigenvalue weighted by Crippen LogP contribution is -1.88. The molecule has 0 amide bonds. The zero-order valence-electron chi connectivity index (χ0n) is 7.27. The predicted molar refractivity (Wildman–Crippen MR) is 51.7 cm³/mol. The standard InChI is InChI=1S/C9H11BrO2/c1-4-7(10)5(2)9(12)6(3)8(4)11/h11-12H,1-3H3. The average Bonchev–Trinajstić information content (AvgIpc) is 2.08. The molecule has 0 spiro atoms. The minimum absolute atomic E-state index is 0.157. The summed E-state index contributed by atoms with van der Waals surface area (Å²) in [4.78, 5) is 0. The van der Waals surface area contributed by atoms with Gasteiger partial charge >= 0.3 is 0 Å². The Kier molecular flexibility index (Phi) is 2.33. The van der Waals surface area contributed by atoms with Crippen molar-refractivity contribution in [2.75, 3.05) is 0 Å². The Bertz CT molecular complexity index is 227. The lowest BCUT2D eigenvalue weighted by atomic mass is 10.1. The van der Waals surface area contributed by atoms with Gasteiger partial charge in [0.25, 0.3) is 0 Å². The molecule has 0 unspecified atom stereocenters. The van der Waals surface area contributed by atoms with Crippen LogP contribution in [0.1, 0.15) is 16.7 Å². The molecule has 1 rings (SSSR count). The summed E-state index contributed by atoms with van der Waals surface area (Å²) in [5, 5.41) is 19.0. The van der Waals surface area contributed by atoms with Crippen LogP contribution in [0.2, 0.25) is 0 Å². The summed E-state index contributed by atoms with van der Waals surface area (Å²) in [7, 11) is 0. The summed E-state index contributed by atoms with van der Waals surface area (Å²) < 4.78 is 0.767. The van der Waals surface area contributed by atoms with E-state index in [1.807, 2.05) is 0 Å². The lowest BCUT2D eigenvalue weighted by molar-refractivity contribution is 0.437. The molecule has 0 fully saturated rings. The van der Waals surface area contributed by atoms with Crippen molar-refractivity contribution in [2.45, 2.75) is 20.8 Å². The molecule has 1 aromatic rings. The third-order valence-electron chi connectivity index (χ3n) is 2.08. The van der Waals surface area contributed by atoms with Gasteiger partial charge in [0.15, 0.2) is 0 Å². The van der Waals surface area contributed by atoms with E-state index >= 15 is 0 Å². The van der Waals surface area contributed by atoms with Crippen molar-refractivity contribution in [1.29, 1.82) is 0 Å². The number of phenolic OH excluding ortho intramolecular Hbond substituents is 2. The van der Waals surface area contributed by atoms with E-state index in [4.69, 9.17) is 0 Å². The van der Waals surface area contributed by atoms with Crippen LogP contribution in [0.5, 0.6) is 11.5 Å². The molecule has 0 aliphatic rings. The number of halogens is 1. The highest BCUT2D eigenvalue weighted by Crippen LogP contribution is 2.38. The molecule has 2 nitrogen and oxygen atoms in total. The molecule has 0 saturated heterocycles. The summed E-state index contributed by atoms with van der Waals surface area (Å²) in [6, 6.07) is 0. The Morgan fingerprint density at radius 2 is 1.17 bits per heavy atom. The van der Waals surface area contributed by atoms with Gasteiger partial charge in [-0.2, -0.15) is 0 Å². The highest BCUT2D eigenvalue weighted by atomic mass is 79.9. The molecule has 66 valence electrons. The van der Waals surface area contributed by atoms with Gasteiger partial charge in [-0.25, -0.2) is 0 Å². The van der Waals surface area contributed by atoms with Gasteiger partial charge < -0.3 is 10.2 Å². The van der Waals surface area contributed by atoms with Crippen LogP contribution in [-0.4, -0.2) is 10.2 Å². The maximum atomic E-state index is 9.50. The summed E-state index contributed by atoms with van der Waals surface area (Å²) in [5.41, 5.74) is 2.07. The van der Waals surface area contributed by atoms with Crippen molar-refractivity contribution in [1.82, 2.24) is 0 Å². The Hall–Kier alpha value is -0.700. The normalized spacial score (nSPS) is 10.3. The minimum Gasteiger partial charge on any atom is -0.507 e. The maximum absolute atomic E-state index is 9.50. The van der Waals surface area contributed by atoms with Crippen LogP contribution >= 0.6 is 15.9 Å². The molecular formula is C9H11BrO2. The first kappa shape index (κ1) is 9.39. The van der Waals surface area contributed by atoms with E-state index in [-0.39, 0.29) is 11.5 Å². The van der Waals surface area contributed by atoms with Crippen LogP contribution in [-0.2, 0) is 0 Å². The molecule has 0 aromatic heterocycles. The van der Waals surface area contributed by atoms with Gasteiger partial charge in [-0.3, -0.25) is 0 Å². The van der Waals surface area contributed by atoms with Gasteiger partial charge in [0, 0.05) is 21.2 Å². The van der Waals surface area contributed by atoms with Gasteiger partial charge in [0.2, 0.25) is 0 Å². The van der Waals surface area contributed by atoms with Crippen molar-refractivity contribution in [3.05, 3.63) is 21.2 Å². The van der Waals surface area contributed by atoms with Gasteiger partial charge in [-0.05, 0) is 36.7 Å². The molecule has 2 N–H and O–H groups in total. The maximum Gasteiger partial charge on any atom is 0.126 e. The second-order valence-electron chi connectivity index (χ2n) is 2.89. The van der Waals surface area contributed by atoms with E-state index in [1.54, 1.807) is 20.8 Å². The molecule has 0 aliphatic heterocycles. The number of hydrogen-bond acceptors (Lipinski definition) is 2. The fraction of sp³-hybridized carbons (Fsp3) is 0.333. The Balaban J connectivity index is 3.60. The molecule has 12 heavy (non-hydrogen) atoms. The van der Waals surface area contributed by atoms with Crippen LogP contribution in [0.3, 0.4) is 0 Å². The highest BCUT2D eigenvalue weighted by Gasteiger charge is 2.13. The number of phenols is 2. The fourth-order valence-corrected chi connectivity index (χ4v) is 1.54. The Morgan fingerprint density at radius 1 is 0.833 bits per heavy atom. The van der Waals surface area contributed by atoms with E-state index < -0.39 is 0 Å². The van der Waals surface area contributed by atoms with Gasteiger partial charge in [0.1, 0.15) is 11.5 Å². The van der Waals surface area contributed by atoms with Crippen LogP contribution in [0, 0.1) is 20.8 Å². The first-order valence-corrected chi connectivity index (χ1v) is 4.43. The Labute approximate surface area is 80.0 Å². The molecule has 3 heteroatoms. The van der Waals surface area contributed by atoms with Crippen LogP contribution in [0.15, 0.2) is 4.47 Å². The monoisotopic (exact) mass is 230 g/mol. The first-order valence-electron chi connectivity index (χ1n) is 3.64. The molecule has 0 radical (unpaired) electrons. The molecule has 0 bridgehead atoms. The highest BCUT2D eigenvalue weighted by molar-refractivity contribution is 9.10. The third-order valence-corrected chi connectivity index (χ3v) is 3.27. The van der Waals surface area contributed by atoms with E-state index in [0.717, 1.165) is 15.6 Å². The third kappa shape index (κ3) is 1.18. The van der Waals surface area contributed by atoms with Gasteiger partial charge in [-0.1, -0.05) is 0 Å². The summed E-state index contributed by atoms with van der Waals surface area (Å²) in [6.45, 7) is 5.30. The largest absolute Gasteiger partial charge is 0.507 e. The Morgan fingerprint density at radius 3 is 1.50 bits per heavy atom. The molecule has 0 aliphatic carbocycles. The van der Waals surface area contributed by atoms with Crippen molar-refractivity contribution < 1.29 is 10.2 Å². The van der Waals surface area contributed by atoms with E-state index in [0.29, 0.717) is 5.56 Å². The molecular weight excluding hydrogens is 220 g/mol. The number of benzene rings is 1. The first-order chi connectivity index (χ1) is 5.46. The van der Waals surface area contributed by atoms with E-state index in [2.05, 4.69) is 15.9 Å². The van der Waals surface area contributed by atoms with Crippen LogP contribution in [0.4, 0.5) is 0 Å². The molecule has 1 aromatic carbocycles. The minimum atomic E-state index is 0.157. The summed E-state index contributed by atoms with van der Waals surface area (Å²) >= 11 is 3.29. The predicted octanol–water partition coefficient (Wildman–Crippen LogP) is 2.79. The zero-order chi connectivity index (χ0) is 9.46. The van der Waals surface area contributed by atoms with E-state index in [9.17, 15) is 10.2 Å². The number of rotatable bonds is 0. The molecule has 0 atom stereocenters. The van der Waals surface area contributed by atoms with Crippen molar-refractivity contribution in [3.8, 4) is 11.5 Å². The second-order valence-corrected chi connectivity index (χ2v) is 3.68. The summed E-state index contributed by atoms with van der Waals surface area (Å²) in [5.74, 6) is 0.315. The molecule has 0 heterocycles. The van der Waals surface area contributed by atoms with Crippen molar-refractivity contribution in [2.24, 2.45) is 0 Å². The summed E-state index contributed by atoms with van der Waals surface area (Å²) in [6.07, 6.45) is 0.